The number of imidazole rings is 1. The first-order valence-electron chi connectivity index (χ1n) is 5.65. The molecule has 3 rings (SSSR count). The van der Waals surface area contributed by atoms with E-state index in [1.807, 2.05) is 0 Å². The number of ether oxygens (including phenoxy) is 1. The molecule has 0 spiro atoms. The Morgan fingerprint density at radius 1 is 1.47 bits per heavy atom. The monoisotopic (exact) mass is 269 g/mol. The number of nitrogen functional groups attached to an aromatic ring is 1. The van der Waals surface area contributed by atoms with Gasteiger partial charge in [-0.2, -0.15) is 0 Å². The molecule has 0 radical (unpaired) electrons. The van der Waals surface area contributed by atoms with Crippen molar-refractivity contribution in [1.82, 2.24) is 19.4 Å². The van der Waals surface area contributed by atoms with Crippen molar-refractivity contribution in [2.24, 2.45) is 0 Å². The zero-order valence-corrected chi connectivity index (χ0v) is 9.72. The fourth-order valence-corrected chi connectivity index (χ4v) is 2.10. The summed E-state index contributed by atoms with van der Waals surface area (Å²) >= 11 is 0. The largest absolute Gasteiger partial charge is 0.394 e. The van der Waals surface area contributed by atoms with Crippen LogP contribution in [0.3, 0.4) is 0 Å². The van der Waals surface area contributed by atoms with Gasteiger partial charge in [-0.05, 0) is 0 Å². The molecule has 19 heavy (non-hydrogen) atoms. The molecular weight excluding hydrogens is 257 g/mol. The van der Waals surface area contributed by atoms with Crippen molar-refractivity contribution in [3.63, 3.8) is 0 Å². The summed E-state index contributed by atoms with van der Waals surface area (Å²) in [5.41, 5.74) is 5.88. The molecule has 9 heteroatoms. The first-order chi connectivity index (χ1) is 9.11. The van der Waals surface area contributed by atoms with Gasteiger partial charge in [0.15, 0.2) is 6.17 Å². The van der Waals surface area contributed by atoms with E-state index < -0.39 is 31.1 Å². The Bertz CT molecular complexity index is 606. The van der Waals surface area contributed by atoms with Crippen LogP contribution >= 0.6 is 0 Å². The smallest absolute Gasteiger partial charge is 0.238 e. The van der Waals surface area contributed by atoms with Gasteiger partial charge in [-0.1, -0.05) is 0 Å². The highest BCUT2D eigenvalue weighted by molar-refractivity contribution is 5.38. The number of alkyl halides is 1. The fraction of sp³-hybridized carbons (Fsp3) is 0.500. The summed E-state index contributed by atoms with van der Waals surface area (Å²) in [5.74, 6) is 0.427. The fourth-order valence-electron chi connectivity index (χ4n) is 2.10. The van der Waals surface area contributed by atoms with Crippen LogP contribution in [0.4, 0.5) is 10.3 Å². The molecule has 1 aliphatic rings. The topological polar surface area (TPSA) is 119 Å². The van der Waals surface area contributed by atoms with Gasteiger partial charge < -0.3 is 20.7 Å². The molecule has 8 nitrogen and oxygen atoms in total. The molecule has 1 fully saturated rings. The van der Waals surface area contributed by atoms with Crippen LogP contribution in [0.1, 0.15) is 11.8 Å². The van der Waals surface area contributed by atoms with Crippen LogP contribution in [0.15, 0.2) is 12.5 Å². The van der Waals surface area contributed by atoms with E-state index in [0.717, 1.165) is 0 Å². The molecule has 102 valence electrons. The van der Waals surface area contributed by atoms with Crippen molar-refractivity contribution in [3.05, 3.63) is 18.2 Å². The second kappa shape index (κ2) is 4.37. The number of aromatic nitrogens is 4. The highest BCUT2D eigenvalue weighted by atomic mass is 19.1. The second-order valence-corrected chi connectivity index (χ2v) is 4.28. The standard InChI is InChI=1S/C10H12FN5O3/c11-6-7(18)5(2-17)19-8(6)4-1-16-9(12)13-3-14-10(16)15-4/h1,3,5-8,17-18H,2H2,(H2,12,13,14,15)/t5-,6+,7-,8+/m0/s1. The van der Waals surface area contributed by atoms with Crippen molar-refractivity contribution in [3.8, 4) is 0 Å². The van der Waals surface area contributed by atoms with Gasteiger partial charge in [0.1, 0.15) is 24.6 Å². The number of aliphatic hydroxyl groups is 2. The maximum absolute atomic E-state index is 13.9. The normalized spacial score (nSPS) is 31.1. The molecule has 2 aromatic heterocycles. The number of hydrogen-bond donors (Lipinski definition) is 3. The Kier molecular flexibility index (Phi) is 2.81. The zero-order valence-electron chi connectivity index (χ0n) is 9.72. The summed E-state index contributed by atoms with van der Waals surface area (Å²) in [4.78, 5) is 11.7. The van der Waals surface area contributed by atoms with Gasteiger partial charge >= 0.3 is 0 Å². The summed E-state index contributed by atoms with van der Waals surface area (Å²) in [6, 6.07) is 0. The number of anilines is 1. The van der Waals surface area contributed by atoms with Crippen LogP contribution in [0.2, 0.25) is 0 Å². The predicted molar refractivity (Wildman–Crippen MR) is 60.8 cm³/mol. The molecular formula is C10H12FN5O3. The maximum atomic E-state index is 13.9. The van der Waals surface area contributed by atoms with Gasteiger partial charge in [-0.3, -0.25) is 4.40 Å². The third-order valence-corrected chi connectivity index (χ3v) is 3.11. The molecule has 0 bridgehead atoms. The van der Waals surface area contributed by atoms with Crippen molar-refractivity contribution in [2.75, 3.05) is 12.3 Å². The molecule has 0 aliphatic carbocycles. The highest BCUT2D eigenvalue weighted by Gasteiger charge is 2.45. The van der Waals surface area contributed by atoms with Gasteiger partial charge in [0.05, 0.1) is 12.3 Å². The molecule has 0 amide bonds. The van der Waals surface area contributed by atoms with Crippen molar-refractivity contribution < 1.29 is 19.3 Å². The van der Waals surface area contributed by atoms with E-state index in [9.17, 15) is 9.50 Å². The van der Waals surface area contributed by atoms with E-state index in [1.54, 1.807) is 0 Å². The molecule has 4 atom stereocenters. The first-order valence-corrected chi connectivity index (χ1v) is 5.65. The molecule has 0 unspecified atom stereocenters. The number of hydrogen-bond acceptors (Lipinski definition) is 7. The summed E-state index contributed by atoms with van der Waals surface area (Å²) in [6.07, 6.45) is -2.38. The third-order valence-electron chi connectivity index (χ3n) is 3.11. The minimum absolute atomic E-state index is 0.163. The van der Waals surface area contributed by atoms with E-state index in [0.29, 0.717) is 0 Å². The van der Waals surface area contributed by atoms with Crippen LogP contribution in [-0.4, -0.2) is 54.6 Å². The summed E-state index contributed by atoms with van der Waals surface area (Å²) in [5, 5.41) is 18.6. The highest BCUT2D eigenvalue weighted by Crippen LogP contribution is 2.35. The number of rotatable bonds is 2. The maximum Gasteiger partial charge on any atom is 0.238 e. The molecule has 0 aromatic carbocycles. The Balaban J connectivity index is 1.99. The minimum Gasteiger partial charge on any atom is -0.394 e. The van der Waals surface area contributed by atoms with E-state index >= 15 is 0 Å². The average molecular weight is 269 g/mol. The van der Waals surface area contributed by atoms with Crippen LogP contribution in [-0.2, 0) is 4.74 Å². The van der Waals surface area contributed by atoms with E-state index in [-0.39, 0.29) is 17.4 Å². The minimum atomic E-state index is -1.67. The van der Waals surface area contributed by atoms with Gasteiger partial charge in [0.25, 0.3) is 0 Å². The average Bonchev–Trinajstić information content (AvgIpc) is 2.94. The molecule has 0 saturated carbocycles. The number of halogens is 1. The van der Waals surface area contributed by atoms with Gasteiger partial charge in [0, 0.05) is 6.20 Å². The summed E-state index contributed by atoms with van der Waals surface area (Å²) in [6.45, 7) is -0.465. The third kappa shape index (κ3) is 1.82. The van der Waals surface area contributed by atoms with Gasteiger partial charge in [-0.25, -0.2) is 19.3 Å². The quantitative estimate of drug-likeness (QED) is 0.629. The Labute approximate surface area is 106 Å². The molecule has 4 N–H and O–H groups in total. The van der Waals surface area contributed by atoms with Crippen molar-refractivity contribution >= 4 is 11.7 Å². The lowest BCUT2D eigenvalue weighted by Crippen LogP contribution is -2.30. The van der Waals surface area contributed by atoms with Crippen LogP contribution in [0, 0.1) is 0 Å². The van der Waals surface area contributed by atoms with E-state index in [4.69, 9.17) is 15.6 Å². The molecule has 1 aliphatic heterocycles. The van der Waals surface area contributed by atoms with Gasteiger partial charge in [0.2, 0.25) is 11.7 Å². The Hall–Kier alpha value is -1.84. The number of aliphatic hydroxyl groups excluding tert-OH is 2. The van der Waals surface area contributed by atoms with Crippen molar-refractivity contribution in [2.45, 2.75) is 24.5 Å². The zero-order chi connectivity index (χ0) is 13.6. The van der Waals surface area contributed by atoms with Crippen LogP contribution in [0.25, 0.3) is 5.78 Å². The molecule has 2 aromatic rings. The second-order valence-electron chi connectivity index (χ2n) is 4.28. The van der Waals surface area contributed by atoms with Crippen LogP contribution < -0.4 is 5.73 Å². The molecule has 1 saturated heterocycles. The van der Waals surface area contributed by atoms with E-state index in [2.05, 4.69) is 15.0 Å². The lowest BCUT2D eigenvalue weighted by molar-refractivity contribution is -0.0235. The molecule has 3 heterocycles. The summed E-state index contributed by atoms with van der Waals surface area (Å²) < 4.78 is 20.6. The number of nitrogens with two attached hydrogens (primary N) is 1. The first kappa shape index (κ1) is 12.2. The van der Waals surface area contributed by atoms with E-state index in [1.165, 1.54) is 16.9 Å². The lowest BCUT2D eigenvalue weighted by Gasteiger charge is -2.09. The van der Waals surface area contributed by atoms with Gasteiger partial charge in [-0.15, -0.1) is 0 Å². The van der Waals surface area contributed by atoms with Crippen molar-refractivity contribution in [1.29, 1.82) is 0 Å². The summed E-state index contributed by atoms with van der Waals surface area (Å²) in [7, 11) is 0. The Morgan fingerprint density at radius 3 is 2.89 bits per heavy atom. The van der Waals surface area contributed by atoms with Crippen LogP contribution in [0.5, 0.6) is 0 Å². The Morgan fingerprint density at radius 2 is 2.26 bits per heavy atom. The SMILES string of the molecule is Nc1ncnc2nc([C@H]3O[C@@H](CO)[C@H](O)[C@H]3F)cn12. The predicted octanol–water partition coefficient (Wildman–Crippen LogP) is -1.16. The number of nitrogens with zero attached hydrogens (tertiary/aromatic N) is 4. The lowest BCUT2D eigenvalue weighted by atomic mass is 10.1. The number of fused-ring (bicyclic) bond motifs is 1.